The second-order valence-corrected chi connectivity index (χ2v) is 8.60. The molecule has 1 aliphatic rings. The van der Waals surface area contributed by atoms with Crippen molar-refractivity contribution in [1.82, 2.24) is 0 Å². The molecule has 0 saturated carbocycles. The maximum absolute atomic E-state index is 5.84. The third kappa shape index (κ3) is 4.29. The largest absolute Gasteiger partial charge is 0.399 e. The Kier molecular flexibility index (Phi) is 5.47. The summed E-state index contributed by atoms with van der Waals surface area (Å²) in [5.41, 5.74) is 16.5. The van der Waals surface area contributed by atoms with Crippen LogP contribution >= 0.6 is 0 Å². The van der Waals surface area contributed by atoms with E-state index < -0.39 is 0 Å². The molecule has 1 aliphatic carbocycles. The van der Waals surface area contributed by atoms with Crippen LogP contribution in [0.5, 0.6) is 0 Å². The third-order valence-electron chi connectivity index (χ3n) is 6.11. The Morgan fingerprint density at radius 1 is 0.594 bits per heavy atom. The lowest BCUT2D eigenvalue weighted by atomic mass is 9.89. The van der Waals surface area contributed by atoms with Crippen LogP contribution in [0.4, 0.5) is 5.69 Å². The van der Waals surface area contributed by atoms with Crippen molar-refractivity contribution in [1.29, 1.82) is 0 Å². The highest BCUT2D eigenvalue weighted by Gasteiger charge is 2.11. The number of hydrogen-bond donors (Lipinski definition) is 1. The number of rotatable bonds is 4. The first kappa shape index (κ1) is 20.1. The van der Waals surface area contributed by atoms with Crippen molar-refractivity contribution in [2.24, 2.45) is 5.92 Å². The van der Waals surface area contributed by atoms with Gasteiger partial charge in [0.25, 0.3) is 0 Å². The maximum Gasteiger partial charge on any atom is 0.0314 e. The summed E-state index contributed by atoms with van der Waals surface area (Å²) in [6.07, 6.45) is 8.05. The van der Waals surface area contributed by atoms with Crippen molar-refractivity contribution in [3.8, 4) is 33.4 Å². The van der Waals surface area contributed by atoms with Gasteiger partial charge in [-0.25, -0.2) is 0 Å². The highest BCUT2D eigenvalue weighted by atomic mass is 14.5. The zero-order valence-corrected chi connectivity index (χ0v) is 18.3. The summed E-state index contributed by atoms with van der Waals surface area (Å²) in [6.45, 7) is 2.28. The first-order chi connectivity index (χ1) is 15.7. The first-order valence-electron chi connectivity index (χ1n) is 11.2. The van der Waals surface area contributed by atoms with Crippen LogP contribution in [0.25, 0.3) is 39.0 Å². The summed E-state index contributed by atoms with van der Waals surface area (Å²) in [4.78, 5) is 0. The van der Waals surface area contributed by atoms with E-state index >= 15 is 0 Å². The van der Waals surface area contributed by atoms with Gasteiger partial charge < -0.3 is 5.73 Å². The van der Waals surface area contributed by atoms with Crippen molar-refractivity contribution in [3.05, 3.63) is 121 Å². The molecular weight excluding hydrogens is 386 g/mol. The van der Waals surface area contributed by atoms with Crippen LogP contribution in [-0.4, -0.2) is 0 Å². The van der Waals surface area contributed by atoms with Gasteiger partial charge in [-0.2, -0.15) is 0 Å². The average Bonchev–Trinajstić information content (AvgIpc) is 2.85. The molecule has 1 nitrogen and oxygen atoms in total. The Hall–Kier alpha value is -3.84. The van der Waals surface area contributed by atoms with Crippen LogP contribution in [-0.2, 0) is 0 Å². The fraction of sp³-hybridized carbons (Fsp3) is 0.0968. The van der Waals surface area contributed by atoms with Gasteiger partial charge >= 0.3 is 0 Å². The summed E-state index contributed by atoms with van der Waals surface area (Å²) in [6, 6.07) is 34.4. The normalized spacial score (nSPS) is 15.4. The lowest BCUT2D eigenvalue weighted by Crippen LogP contribution is -1.96. The van der Waals surface area contributed by atoms with E-state index in [1.165, 1.54) is 44.5 Å². The standard InChI is InChI=1S/C31H27N/c1-22-6-5-9-27(18-22)30-20-28(23-7-3-2-4-8-23)19-29(21-30)26-12-10-24(11-13-26)25-14-16-31(32)17-15-25/h2-5,7-22H,6,32H2,1H3. The van der Waals surface area contributed by atoms with Gasteiger partial charge in [0.1, 0.15) is 0 Å². The van der Waals surface area contributed by atoms with E-state index in [9.17, 15) is 0 Å². The molecule has 156 valence electrons. The van der Waals surface area contributed by atoms with Crippen LogP contribution in [0, 0.1) is 5.92 Å². The lowest BCUT2D eigenvalue weighted by molar-refractivity contribution is 0.740. The number of nitrogens with two attached hydrogens (primary N) is 1. The summed E-state index contributed by atoms with van der Waals surface area (Å²) >= 11 is 0. The topological polar surface area (TPSA) is 26.0 Å². The Labute approximate surface area is 190 Å². The average molecular weight is 414 g/mol. The van der Waals surface area contributed by atoms with E-state index in [1.807, 2.05) is 12.1 Å². The second kappa shape index (κ2) is 8.72. The van der Waals surface area contributed by atoms with Crippen molar-refractivity contribution in [2.75, 3.05) is 5.73 Å². The third-order valence-corrected chi connectivity index (χ3v) is 6.11. The molecule has 0 aromatic heterocycles. The number of allylic oxidation sites excluding steroid dienone is 4. The molecular formula is C31H27N. The number of hydrogen-bond acceptors (Lipinski definition) is 1. The Morgan fingerprint density at radius 2 is 1.09 bits per heavy atom. The molecule has 2 N–H and O–H groups in total. The van der Waals surface area contributed by atoms with Crippen LogP contribution in [0.1, 0.15) is 18.9 Å². The zero-order valence-electron chi connectivity index (χ0n) is 18.3. The Bertz CT molecular complexity index is 1280. The van der Waals surface area contributed by atoms with Gasteiger partial charge in [-0.1, -0.05) is 91.9 Å². The molecule has 0 spiro atoms. The fourth-order valence-electron chi connectivity index (χ4n) is 4.32. The number of anilines is 1. The molecule has 32 heavy (non-hydrogen) atoms. The summed E-state index contributed by atoms with van der Waals surface area (Å²) < 4.78 is 0. The second-order valence-electron chi connectivity index (χ2n) is 8.60. The van der Waals surface area contributed by atoms with E-state index in [0.29, 0.717) is 5.92 Å². The highest BCUT2D eigenvalue weighted by Crippen LogP contribution is 2.34. The molecule has 0 heterocycles. The van der Waals surface area contributed by atoms with Gasteiger partial charge in [-0.15, -0.1) is 0 Å². The van der Waals surface area contributed by atoms with E-state index in [1.54, 1.807) is 0 Å². The quantitative estimate of drug-likeness (QED) is 0.335. The molecule has 0 aliphatic heterocycles. The van der Waals surface area contributed by atoms with Gasteiger partial charge in [0, 0.05) is 5.69 Å². The van der Waals surface area contributed by atoms with Gasteiger partial charge in [0.2, 0.25) is 0 Å². The van der Waals surface area contributed by atoms with Crippen molar-refractivity contribution >= 4 is 11.3 Å². The molecule has 5 rings (SSSR count). The minimum Gasteiger partial charge on any atom is -0.399 e. The van der Waals surface area contributed by atoms with E-state index in [2.05, 4.69) is 110 Å². The van der Waals surface area contributed by atoms with Gasteiger partial charge in [0.05, 0.1) is 0 Å². The molecule has 4 aromatic rings. The zero-order chi connectivity index (χ0) is 21.9. The maximum atomic E-state index is 5.84. The first-order valence-corrected chi connectivity index (χ1v) is 11.2. The van der Waals surface area contributed by atoms with Crippen molar-refractivity contribution < 1.29 is 0 Å². The van der Waals surface area contributed by atoms with E-state index in [-0.39, 0.29) is 0 Å². The van der Waals surface area contributed by atoms with Crippen LogP contribution in [0.3, 0.4) is 0 Å². The molecule has 0 fully saturated rings. The predicted molar refractivity (Wildman–Crippen MR) is 138 cm³/mol. The molecule has 0 amide bonds. The lowest BCUT2D eigenvalue weighted by Gasteiger charge is -2.16. The molecule has 1 unspecified atom stereocenters. The Balaban J connectivity index is 1.57. The smallest absolute Gasteiger partial charge is 0.0314 e. The van der Waals surface area contributed by atoms with Crippen molar-refractivity contribution in [2.45, 2.75) is 13.3 Å². The van der Waals surface area contributed by atoms with Crippen LogP contribution < -0.4 is 5.73 Å². The van der Waals surface area contributed by atoms with E-state index in [0.717, 1.165) is 12.1 Å². The van der Waals surface area contributed by atoms with Crippen molar-refractivity contribution in [3.63, 3.8) is 0 Å². The SMILES string of the molecule is CC1C=C(c2cc(-c3ccccc3)cc(-c3ccc(-c4ccc(N)cc4)cc3)c2)C=CC1. The number of benzene rings is 4. The molecule has 1 atom stereocenters. The van der Waals surface area contributed by atoms with Gasteiger partial charge in [0.15, 0.2) is 0 Å². The monoisotopic (exact) mass is 413 g/mol. The predicted octanol–water partition coefficient (Wildman–Crippen LogP) is 8.25. The van der Waals surface area contributed by atoms with Crippen LogP contribution in [0.15, 0.2) is 115 Å². The molecule has 4 aromatic carbocycles. The summed E-state index contributed by atoms with van der Waals surface area (Å²) in [5.74, 6) is 0.568. The number of nitrogen functional groups attached to an aromatic ring is 1. The molecule has 0 radical (unpaired) electrons. The summed E-state index contributed by atoms with van der Waals surface area (Å²) in [7, 11) is 0. The van der Waals surface area contributed by atoms with E-state index in [4.69, 9.17) is 5.73 Å². The van der Waals surface area contributed by atoms with Gasteiger partial charge in [-0.05, 0) is 87.2 Å². The molecule has 0 saturated heterocycles. The summed E-state index contributed by atoms with van der Waals surface area (Å²) in [5, 5.41) is 0. The Morgan fingerprint density at radius 3 is 1.69 bits per heavy atom. The van der Waals surface area contributed by atoms with Gasteiger partial charge in [-0.3, -0.25) is 0 Å². The fourth-order valence-corrected chi connectivity index (χ4v) is 4.32. The minimum atomic E-state index is 0.568. The molecule has 1 heteroatoms. The molecule has 0 bridgehead atoms. The minimum absolute atomic E-state index is 0.568. The highest BCUT2D eigenvalue weighted by molar-refractivity contribution is 5.84. The van der Waals surface area contributed by atoms with Crippen LogP contribution in [0.2, 0.25) is 0 Å².